The summed E-state index contributed by atoms with van der Waals surface area (Å²) in [5, 5.41) is 2.81. The van der Waals surface area contributed by atoms with Crippen LogP contribution >= 0.6 is 11.6 Å². The zero-order chi connectivity index (χ0) is 23.3. The molecule has 0 unspecified atom stereocenters. The average Bonchev–Trinajstić information content (AvgIpc) is 2.78. The third kappa shape index (κ3) is 5.52. The molecule has 0 bridgehead atoms. The Hall–Kier alpha value is -3.23. The molecule has 0 spiro atoms. The van der Waals surface area contributed by atoms with E-state index in [9.17, 15) is 13.2 Å². The molecule has 0 saturated carbocycles. The highest BCUT2D eigenvalue weighted by atomic mass is 35.5. The maximum atomic E-state index is 13.0. The van der Waals surface area contributed by atoms with Gasteiger partial charge in [-0.2, -0.15) is 0 Å². The van der Waals surface area contributed by atoms with Crippen molar-refractivity contribution in [3.63, 3.8) is 0 Å². The largest absolute Gasteiger partial charge is 0.495 e. The third-order valence-electron chi connectivity index (χ3n) is 4.71. The van der Waals surface area contributed by atoms with Gasteiger partial charge in [-0.05, 0) is 48.0 Å². The number of nitrogens with zero attached hydrogens (tertiary/aromatic N) is 1. The van der Waals surface area contributed by atoms with Crippen LogP contribution in [0.3, 0.4) is 0 Å². The van der Waals surface area contributed by atoms with Crippen LogP contribution in [-0.4, -0.2) is 35.5 Å². The molecule has 1 amide bonds. The van der Waals surface area contributed by atoms with E-state index in [2.05, 4.69) is 10.0 Å². The zero-order valence-corrected chi connectivity index (χ0v) is 19.5. The van der Waals surface area contributed by atoms with E-state index in [-0.39, 0.29) is 21.2 Å². The highest BCUT2D eigenvalue weighted by Crippen LogP contribution is 2.29. The van der Waals surface area contributed by atoms with Gasteiger partial charge in [0.05, 0.1) is 17.8 Å². The monoisotopic (exact) mass is 473 g/mol. The number of carbonyl (C=O) groups is 1. The Morgan fingerprint density at radius 3 is 2.50 bits per heavy atom. The number of halogens is 1. The van der Waals surface area contributed by atoms with E-state index in [0.717, 1.165) is 11.3 Å². The summed E-state index contributed by atoms with van der Waals surface area (Å²) in [7, 11) is 1.26. The van der Waals surface area contributed by atoms with E-state index >= 15 is 0 Å². The lowest BCUT2D eigenvalue weighted by Crippen LogP contribution is -2.23. The van der Waals surface area contributed by atoms with Gasteiger partial charge >= 0.3 is 0 Å². The van der Waals surface area contributed by atoms with E-state index in [0.29, 0.717) is 12.3 Å². The van der Waals surface area contributed by atoms with Crippen LogP contribution in [0.1, 0.15) is 15.9 Å². The molecule has 0 aliphatic heterocycles. The number of amides is 1. The topological polar surface area (TPSA) is 87.7 Å². The van der Waals surface area contributed by atoms with Gasteiger partial charge in [-0.25, -0.2) is 8.42 Å². The summed E-state index contributed by atoms with van der Waals surface area (Å²) in [5.74, 6) is -0.0493. The minimum atomic E-state index is -4.06. The first-order valence-electron chi connectivity index (χ1n) is 9.71. The Labute approximate surface area is 193 Å². The Kier molecular flexibility index (Phi) is 7.27. The number of rotatable bonds is 8. The van der Waals surface area contributed by atoms with E-state index < -0.39 is 15.9 Å². The maximum Gasteiger partial charge on any atom is 0.263 e. The fourth-order valence-electron chi connectivity index (χ4n) is 3.01. The van der Waals surface area contributed by atoms with Crippen LogP contribution in [0.25, 0.3) is 0 Å². The summed E-state index contributed by atoms with van der Waals surface area (Å²) >= 11 is 6.16. The van der Waals surface area contributed by atoms with Crippen molar-refractivity contribution < 1.29 is 17.9 Å². The lowest BCUT2D eigenvalue weighted by atomic mass is 10.1. The Bertz CT molecular complexity index is 1230. The second-order valence-corrected chi connectivity index (χ2v) is 9.26. The normalized spacial score (nSPS) is 11.0. The molecule has 168 valence electrons. The number of para-hydroxylation sites is 2. The molecule has 9 heteroatoms. The molecular formula is C23H24ClN3O4S. The van der Waals surface area contributed by atoms with E-state index in [1.807, 2.05) is 43.3 Å². The second-order valence-electron chi connectivity index (χ2n) is 7.20. The lowest BCUT2D eigenvalue weighted by Gasteiger charge is -2.14. The highest BCUT2D eigenvalue weighted by Gasteiger charge is 2.21. The number of anilines is 2. The standard InChI is InChI=1S/C23H24ClN3O4S/c1-27(2)18-8-6-7-16(13-18)15-25-23(28)17-11-12-19(24)22(14-17)32(29,30)26-20-9-4-5-10-21(20)31-3/h4-14,26H,15H2,1-3H3,(H,25,28). The quantitative estimate of drug-likeness (QED) is 0.513. The molecule has 3 aromatic rings. The van der Waals surface area contributed by atoms with Crippen LogP contribution in [0.2, 0.25) is 5.02 Å². The zero-order valence-electron chi connectivity index (χ0n) is 17.9. The molecule has 0 fully saturated rings. The Balaban J connectivity index is 1.80. The number of benzene rings is 3. The summed E-state index contributed by atoms with van der Waals surface area (Å²) in [6.45, 7) is 0.296. The smallest absolute Gasteiger partial charge is 0.263 e. The van der Waals surface area contributed by atoms with Gasteiger partial charge in [-0.1, -0.05) is 35.9 Å². The number of sulfonamides is 1. The first kappa shape index (κ1) is 23.4. The van der Waals surface area contributed by atoms with Gasteiger partial charge in [0.1, 0.15) is 10.6 Å². The molecule has 0 aliphatic carbocycles. The first-order chi connectivity index (χ1) is 15.2. The lowest BCUT2D eigenvalue weighted by molar-refractivity contribution is 0.0950. The SMILES string of the molecule is COc1ccccc1NS(=O)(=O)c1cc(C(=O)NCc2cccc(N(C)C)c2)ccc1Cl. The average molecular weight is 474 g/mol. The molecule has 3 rings (SSSR count). The van der Waals surface area contributed by atoms with Gasteiger partial charge in [-0.3, -0.25) is 9.52 Å². The number of carbonyl (C=O) groups excluding carboxylic acids is 1. The summed E-state index contributed by atoms with van der Waals surface area (Å²) in [4.78, 5) is 14.5. The number of hydrogen-bond donors (Lipinski definition) is 2. The number of ether oxygens (including phenoxy) is 1. The van der Waals surface area contributed by atoms with Gasteiger partial charge in [0.2, 0.25) is 0 Å². The van der Waals surface area contributed by atoms with Gasteiger partial charge < -0.3 is 15.0 Å². The predicted octanol–water partition coefficient (Wildman–Crippen LogP) is 4.15. The number of hydrogen-bond acceptors (Lipinski definition) is 5. The van der Waals surface area contributed by atoms with Crippen LogP contribution in [0.5, 0.6) is 5.75 Å². The van der Waals surface area contributed by atoms with E-state index in [4.69, 9.17) is 16.3 Å². The molecule has 2 N–H and O–H groups in total. The number of methoxy groups -OCH3 is 1. The van der Waals surface area contributed by atoms with Crippen LogP contribution in [0.15, 0.2) is 71.6 Å². The van der Waals surface area contributed by atoms with Crippen molar-refractivity contribution in [3.8, 4) is 5.75 Å². The van der Waals surface area contributed by atoms with Crippen LogP contribution in [-0.2, 0) is 16.6 Å². The molecule has 32 heavy (non-hydrogen) atoms. The van der Waals surface area contributed by atoms with Gasteiger partial charge in [0.15, 0.2) is 0 Å². The molecule has 0 aliphatic rings. The van der Waals surface area contributed by atoms with Crippen LogP contribution < -0.4 is 19.7 Å². The summed E-state index contributed by atoms with van der Waals surface area (Å²) < 4.78 is 33.6. The third-order valence-corrected chi connectivity index (χ3v) is 6.56. The summed E-state index contributed by atoms with van der Waals surface area (Å²) in [6.07, 6.45) is 0. The van der Waals surface area contributed by atoms with Gasteiger partial charge in [0.25, 0.3) is 15.9 Å². The highest BCUT2D eigenvalue weighted by molar-refractivity contribution is 7.92. The predicted molar refractivity (Wildman–Crippen MR) is 127 cm³/mol. The van der Waals surface area contributed by atoms with Crippen molar-refractivity contribution in [2.75, 3.05) is 30.8 Å². The van der Waals surface area contributed by atoms with Crippen molar-refractivity contribution in [3.05, 3.63) is 82.9 Å². The molecule has 0 heterocycles. The molecule has 7 nitrogen and oxygen atoms in total. The maximum absolute atomic E-state index is 13.0. The van der Waals surface area contributed by atoms with Crippen molar-refractivity contribution >= 4 is 38.9 Å². The van der Waals surface area contributed by atoms with E-state index in [1.165, 1.54) is 25.3 Å². The minimum Gasteiger partial charge on any atom is -0.495 e. The molecular weight excluding hydrogens is 450 g/mol. The van der Waals surface area contributed by atoms with Crippen molar-refractivity contribution in [1.82, 2.24) is 5.32 Å². The molecule has 0 radical (unpaired) electrons. The minimum absolute atomic E-state index is 0.00244. The van der Waals surface area contributed by atoms with E-state index in [1.54, 1.807) is 24.3 Å². The number of nitrogens with one attached hydrogen (secondary N) is 2. The fourth-order valence-corrected chi connectivity index (χ4v) is 4.61. The van der Waals surface area contributed by atoms with Crippen molar-refractivity contribution in [1.29, 1.82) is 0 Å². The summed E-state index contributed by atoms with van der Waals surface area (Å²) in [5.41, 5.74) is 2.38. The Morgan fingerprint density at radius 1 is 1.03 bits per heavy atom. The van der Waals surface area contributed by atoms with Gasteiger partial charge in [-0.15, -0.1) is 0 Å². The first-order valence-corrected chi connectivity index (χ1v) is 11.6. The Morgan fingerprint density at radius 2 is 1.78 bits per heavy atom. The van der Waals surface area contributed by atoms with Crippen LogP contribution in [0.4, 0.5) is 11.4 Å². The van der Waals surface area contributed by atoms with Crippen molar-refractivity contribution in [2.45, 2.75) is 11.4 Å². The molecule has 0 aromatic heterocycles. The second kappa shape index (κ2) is 9.93. The van der Waals surface area contributed by atoms with Crippen LogP contribution in [0, 0.1) is 0 Å². The van der Waals surface area contributed by atoms with Crippen molar-refractivity contribution in [2.24, 2.45) is 0 Å². The fraction of sp³-hybridized carbons (Fsp3) is 0.174. The molecule has 0 saturated heterocycles. The van der Waals surface area contributed by atoms with Gasteiger partial charge in [0, 0.05) is 31.9 Å². The molecule has 0 atom stereocenters. The summed E-state index contributed by atoms with van der Waals surface area (Å²) in [6, 6.07) is 18.5. The molecule has 3 aromatic carbocycles.